The van der Waals surface area contributed by atoms with E-state index in [9.17, 15) is 13.2 Å². The largest absolute Gasteiger partial charge is 0.299 e. The Bertz CT molecular complexity index is 563. The summed E-state index contributed by atoms with van der Waals surface area (Å²) in [5, 5.41) is 0. The van der Waals surface area contributed by atoms with Gasteiger partial charge in [0.2, 0.25) is 10.0 Å². The quantitative estimate of drug-likeness (QED) is 0.833. The van der Waals surface area contributed by atoms with Crippen LogP contribution in [0.1, 0.15) is 25.3 Å². The Morgan fingerprint density at radius 3 is 2.42 bits per heavy atom. The van der Waals surface area contributed by atoms with Crippen LogP contribution >= 0.6 is 0 Å². The summed E-state index contributed by atoms with van der Waals surface area (Å²) in [5.74, 6) is 0.111. The van der Waals surface area contributed by atoms with Crippen LogP contribution in [0.25, 0.3) is 0 Å². The second kappa shape index (κ2) is 5.43. The van der Waals surface area contributed by atoms with Crippen LogP contribution in [0.15, 0.2) is 29.2 Å². The lowest BCUT2D eigenvalue weighted by Crippen LogP contribution is -2.32. The number of benzene rings is 1. The summed E-state index contributed by atoms with van der Waals surface area (Å²) >= 11 is 0. The summed E-state index contributed by atoms with van der Waals surface area (Å²) in [7, 11) is -3.47. The van der Waals surface area contributed by atoms with Crippen LogP contribution in [-0.4, -0.2) is 31.6 Å². The standard InChI is InChI=1S/C14H19NO3S/c1-11-3-5-13(6-4-11)19(17,18)15-9-7-12(2)14(16)8-10-15/h3-6,12H,7-10H2,1-2H3. The highest BCUT2D eigenvalue weighted by molar-refractivity contribution is 7.89. The maximum atomic E-state index is 12.5. The Hall–Kier alpha value is -1.20. The zero-order valence-electron chi connectivity index (χ0n) is 11.3. The first-order valence-corrected chi connectivity index (χ1v) is 7.95. The monoisotopic (exact) mass is 281 g/mol. The summed E-state index contributed by atoms with van der Waals surface area (Å²) in [6.45, 7) is 4.50. The highest BCUT2D eigenvalue weighted by Crippen LogP contribution is 2.21. The van der Waals surface area contributed by atoms with Crippen molar-refractivity contribution in [2.24, 2.45) is 5.92 Å². The SMILES string of the molecule is Cc1ccc(S(=O)(=O)N2CCC(=O)C(C)CC2)cc1. The van der Waals surface area contributed by atoms with Gasteiger partial charge in [-0.1, -0.05) is 24.6 Å². The smallest absolute Gasteiger partial charge is 0.243 e. The molecular formula is C14H19NO3S. The number of hydrogen-bond acceptors (Lipinski definition) is 3. The van der Waals surface area contributed by atoms with E-state index in [1.165, 1.54) is 4.31 Å². The van der Waals surface area contributed by atoms with Crippen LogP contribution in [0.3, 0.4) is 0 Å². The molecular weight excluding hydrogens is 262 g/mol. The number of ketones is 1. The van der Waals surface area contributed by atoms with Gasteiger partial charge in [0.1, 0.15) is 5.78 Å². The molecule has 104 valence electrons. The number of aryl methyl sites for hydroxylation is 1. The van der Waals surface area contributed by atoms with Crippen LogP contribution in [-0.2, 0) is 14.8 Å². The predicted octanol–water partition coefficient (Wildman–Crippen LogP) is 1.98. The van der Waals surface area contributed by atoms with Crippen molar-refractivity contribution in [3.63, 3.8) is 0 Å². The van der Waals surface area contributed by atoms with Crippen molar-refractivity contribution in [1.29, 1.82) is 0 Å². The van der Waals surface area contributed by atoms with Crippen LogP contribution in [0.5, 0.6) is 0 Å². The van der Waals surface area contributed by atoms with E-state index in [0.29, 0.717) is 30.8 Å². The van der Waals surface area contributed by atoms with Gasteiger partial charge < -0.3 is 0 Å². The minimum absolute atomic E-state index is 0.0433. The summed E-state index contributed by atoms with van der Waals surface area (Å²) in [6.07, 6.45) is 0.913. The minimum atomic E-state index is -3.47. The zero-order valence-corrected chi connectivity index (χ0v) is 12.1. The lowest BCUT2D eigenvalue weighted by molar-refractivity contribution is -0.121. The average Bonchev–Trinajstić information content (AvgIpc) is 2.53. The van der Waals surface area contributed by atoms with Gasteiger partial charge in [-0.05, 0) is 25.5 Å². The van der Waals surface area contributed by atoms with Crippen molar-refractivity contribution in [2.75, 3.05) is 13.1 Å². The highest BCUT2D eigenvalue weighted by atomic mass is 32.2. The highest BCUT2D eigenvalue weighted by Gasteiger charge is 2.29. The maximum absolute atomic E-state index is 12.5. The van der Waals surface area contributed by atoms with E-state index < -0.39 is 10.0 Å². The molecule has 0 N–H and O–H groups in total. The third-order valence-electron chi connectivity index (χ3n) is 3.63. The third-order valence-corrected chi connectivity index (χ3v) is 5.54. The fraction of sp³-hybridized carbons (Fsp3) is 0.500. The van der Waals surface area contributed by atoms with Crippen molar-refractivity contribution >= 4 is 15.8 Å². The Kier molecular flexibility index (Phi) is 4.06. The first kappa shape index (κ1) is 14.2. The van der Waals surface area contributed by atoms with Gasteiger partial charge >= 0.3 is 0 Å². The van der Waals surface area contributed by atoms with E-state index in [0.717, 1.165) is 5.56 Å². The Morgan fingerprint density at radius 1 is 1.16 bits per heavy atom. The van der Waals surface area contributed by atoms with Crippen LogP contribution in [0.4, 0.5) is 0 Å². The molecule has 0 saturated carbocycles. The molecule has 19 heavy (non-hydrogen) atoms. The van der Waals surface area contributed by atoms with Gasteiger partial charge in [-0.2, -0.15) is 4.31 Å². The van der Waals surface area contributed by atoms with Crippen molar-refractivity contribution in [3.05, 3.63) is 29.8 Å². The molecule has 0 spiro atoms. The zero-order chi connectivity index (χ0) is 14.0. The molecule has 0 radical (unpaired) electrons. The number of nitrogens with zero attached hydrogens (tertiary/aromatic N) is 1. The summed E-state index contributed by atoms with van der Waals surface area (Å²) in [6, 6.07) is 6.83. The van der Waals surface area contributed by atoms with Crippen molar-refractivity contribution < 1.29 is 13.2 Å². The Labute approximate surface area is 114 Å². The number of sulfonamides is 1. The van der Waals surface area contributed by atoms with E-state index >= 15 is 0 Å². The molecule has 2 rings (SSSR count). The number of rotatable bonds is 2. The van der Waals surface area contributed by atoms with E-state index in [2.05, 4.69) is 0 Å². The number of carbonyl (C=O) groups is 1. The lowest BCUT2D eigenvalue weighted by Gasteiger charge is -2.19. The minimum Gasteiger partial charge on any atom is -0.299 e. The lowest BCUT2D eigenvalue weighted by atomic mass is 10.0. The predicted molar refractivity (Wildman–Crippen MR) is 73.3 cm³/mol. The van der Waals surface area contributed by atoms with Crippen molar-refractivity contribution in [1.82, 2.24) is 4.31 Å². The molecule has 1 heterocycles. The molecule has 4 nitrogen and oxygen atoms in total. The van der Waals surface area contributed by atoms with Crippen LogP contribution in [0, 0.1) is 12.8 Å². The topological polar surface area (TPSA) is 54.5 Å². The molecule has 1 unspecified atom stereocenters. The Morgan fingerprint density at radius 2 is 1.79 bits per heavy atom. The molecule has 0 aliphatic carbocycles. The van der Waals surface area contributed by atoms with Crippen molar-refractivity contribution in [2.45, 2.75) is 31.6 Å². The average molecular weight is 281 g/mol. The Balaban J connectivity index is 2.24. The summed E-state index contributed by atoms with van der Waals surface area (Å²) < 4.78 is 26.4. The number of carbonyl (C=O) groups excluding carboxylic acids is 1. The molecule has 1 aliphatic rings. The fourth-order valence-electron chi connectivity index (χ4n) is 2.19. The van der Waals surface area contributed by atoms with E-state index in [1.807, 2.05) is 13.8 Å². The second-order valence-corrected chi connectivity index (χ2v) is 7.06. The first-order chi connectivity index (χ1) is 8.91. The van der Waals surface area contributed by atoms with Gasteiger partial charge in [0.15, 0.2) is 0 Å². The van der Waals surface area contributed by atoms with Gasteiger partial charge in [-0.25, -0.2) is 8.42 Å². The molecule has 1 aromatic rings. The molecule has 1 saturated heterocycles. The molecule has 5 heteroatoms. The van der Waals surface area contributed by atoms with Gasteiger partial charge in [0.25, 0.3) is 0 Å². The van der Waals surface area contributed by atoms with Gasteiger partial charge in [-0.15, -0.1) is 0 Å². The molecule has 0 bridgehead atoms. The molecule has 0 amide bonds. The molecule has 1 atom stereocenters. The van der Waals surface area contributed by atoms with E-state index in [4.69, 9.17) is 0 Å². The van der Waals surface area contributed by atoms with Gasteiger partial charge in [-0.3, -0.25) is 4.79 Å². The number of hydrogen-bond donors (Lipinski definition) is 0. The molecule has 1 aromatic carbocycles. The number of Topliss-reactive ketones (excluding diaryl/α,β-unsaturated/α-hetero) is 1. The van der Waals surface area contributed by atoms with E-state index in [1.54, 1.807) is 24.3 Å². The summed E-state index contributed by atoms with van der Waals surface area (Å²) in [4.78, 5) is 12.0. The normalized spacial score (nSPS) is 22.2. The molecule has 1 fully saturated rings. The molecule has 0 aromatic heterocycles. The summed E-state index contributed by atoms with van der Waals surface area (Å²) in [5.41, 5.74) is 1.03. The maximum Gasteiger partial charge on any atom is 0.243 e. The van der Waals surface area contributed by atoms with Gasteiger partial charge in [0.05, 0.1) is 4.90 Å². The van der Waals surface area contributed by atoms with Crippen molar-refractivity contribution in [3.8, 4) is 0 Å². The first-order valence-electron chi connectivity index (χ1n) is 6.51. The van der Waals surface area contributed by atoms with E-state index in [-0.39, 0.29) is 11.7 Å². The second-order valence-electron chi connectivity index (χ2n) is 5.12. The third kappa shape index (κ3) is 3.04. The molecule has 1 aliphatic heterocycles. The van der Waals surface area contributed by atoms with Crippen LogP contribution < -0.4 is 0 Å². The fourth-order valence-corrected chi connectivity index (χ4v) is 3.65. The van der Waals surface area contributed by atoms with Gasteiger partial charge in [0, 0.05) is 25.4 Å². The van der Waals surface area contributed by atoms with Crippen LogP contribution in [0.2, 0.25) is 0 Å².